The molecule has 0 aliphatic heterocycles. The van der Waals surface area contributed by atoms with Crippen molar-refractivity contribution in [2.75, 3.05) is 0 Å². The summed E-state index contributed by atoms with van der Waals surface area (Å²) in [7, 11) is 0. The fourth-order valence-electron chi connectivity index (χ4n) is 4.61. The molecule has 3 fully saturated rings. The quantitative estimate of drug-likeness (QED) is 0.474. The smallest absolute Gasteiger partial charge is 0.0417 e. The lowest BCUT2D eigenvalue weighted by Gasteiger charge is -2.18. The fraction of sp³-hybridized carbons (Fsp3) is 1.00. The van der Waals surface area contributed by atoms with Crippen LogP contribution >= 0.6 is 0 Å². The molecular weight excluding hydrogens is 300 g/mol. The monoisotopic (exact) mass is 352 g/mol. The zero-order valence-electron chi connectivity index (χ0n) is 18.8. The van der Waals surface area contributed by atoms with E-state index in [1.807, 2.05) is 13.8 Å². The molecule has 0 saturated heterocycles. The van der Waals surface area contributed by atoms with Gasteiger partial charge < -0.3 is 0 Å². The van der Waals surface area contributed by atoms with Crippen LogP contribution in [0.3, 0.4) is 0 Å². The Morgan fingerprint density at radius 2 is 0.600 bits per heavy atom. The predicted molar refractivity (Wildman–Crippen MR) is 117 cm³/mol. The van der Waals surface area contributed by atoms with Crippen molar-refractivity contribution in [2.45, 2.75) is 144 Å². The summed E-state index contributed by atoms with van der Waals surface area (Å²) in [4.78, 5) is 0. The Hall–Kier alpha value is 0. The Morgan fingerprint density at radius 3 is 0.760 bits per heavy atom. The van der Waals surface area contributed by atoms with Crippen LogP contribution in [0, 0.1) is 17.8 Å². The minimum Gasteiger partial charge on any atom is -0.0683 e. The van der Waals surface area contributed by atoms with Gasteiger partial charge in [0.15, 0.2) is 0 Å². The lowest BCUT2D eigenvalue weighted by molar-refractivity contribution is 0.349. The zero-order valence-corrected chi connectivity index (χ0v) is 18.8. The van der Waals surface area contributed by atoms with Gasteiger partial charge in [-0.05, 0) is 17.8 Å². The minimum absolute atomic E-state index is 1.09. The van der Waals surface area contributed by atoms with Gasteiger partial charge in [-0.3, -0.25) is 0 Å². The maximum absolute atomic E-state index is 2.32. The second-order valence-corrected chi connectivity index (χ2v) is 8.38. The normalized spacial score (nSPS) is 22.0. The average molecular weight is 353 g/mol. The number of hydrogen-bond donors (Lipinski definition) is 0. The van der Waals surface area contributed by atoms with Crippen LogP contribution in [0.4, 0.5) is 0 Å². The van der Waals surface area contributed by atoms with E-state index in [0.29, 0.717) is 0 Å². The lowest BCUT2D eigenvalue weighted by atomic mass is 9.88. The van der Waals surface area contributed by atoms with Crippen LogP contribution in [0.2, 0.25) is 0 Å². The van der Waals surface area contributed by atoms with Crippen molar-refractivity contribution < 1.29 is 0 Å². The molecule has 25 heavy (non-hydrogen) atoms. The first-order valence-electron chi connectivity index (χ1n) is 12.3. The summed E-state index contributed by atoms with van der Waals surface area (Å²) >= 11 is 0. The van der Waals surface area contributed by atoms with Gasteiger partial charge >= 0.3 is 0 Å². The van der Waals surface area contributed by atoms with Crippen molar-refractivity contribution in [3.05, 3.63) is 0 Å². The van der Waals surface area contributed by atoms with E-state index in [1.165, 1.54) is 109 Å². The van der Waals surface area contributed by atoms with Gasteiger partial charge in [0, 0.05) is 0 Å². The summed E-state index contributed by atoms with van der Waals surface area (Å²) in [6.07, 6.45) is 25.3. The maximum atomic E-state index is 2.32. The van der Waals surface area contributed by atoms with Crippen LogP contribution < -0.4 is 0 Å². The Balaban J connectivity index is 0.000000330. The highest BCUT2D eigenvalue weighted by molar-refractivity contribution is 4.65. The molecule has 0 spiro atoms. The minimum atomic E-state index is 1.09. The van der Waals surface area contributed by atoms with Crippen molar-refractivity contribution >= 4 is 0 Å². The van der Waals surface area contributed by atoms with Crippen molar-refractivity contribution in [3.8, 4) is 0 Å². The zero-order chi connectivity index (χ0) is 18.8. The summed E-state index contributed by atoms with van der Waals surface area (Å²) in [5.41, 5.74) is 0. The van der Waals surface area contributed by atoms with E-state index >= 15 is 0 Å². The van der Waals surface area contributed by atoms with Crippen LogP contribution in [-0.2, 0) is 0 Å². The topological polar surface area (TPSA) is 0 Å². The molecule has 0 heteroatoms. The van der Waals surface area contributed by atoms with Gasteiger partial charge in [-0.15, -0.1) is 0 Å². The molecule has 0 bridgehead atoms. The van der Waals surface area contributed by atoms with Crippen molar-refractivity contribution in [1.29, 1.82) is 0 Å². The van der Waals surface area contributed by atoms with E-state index in [9.17, 15) is 0 Å². The second-order valence-electron chi connectivity index (χ2n) is 8.38. The molecule has 0 aromatic carbocycles. The second kappa shape index (κ2) is 18.8. The summed E-state index contributed by atoms with van der Waals surface area (Å²) in [6, 6.07) is 0. The van der Waals surface area contributed by atoms with Gasteiger partial charge in [0.2, 0.25) is 0 Å². The molecule has 0 N–H and O–H groups in total. The highest BCUT2D eigenvalue weighted by Crippen LogP contribution is 2.27. The van der Waals surface area contributed by atoms with E-state index in [4.69, 9.17) is 0 Å². The molecule has 3 saturated carbocycles. The molecule has 0 atom stereocenters. The van der Waals surface area contributed by atoms with Gasteiger partial charge in [-0.2, -0.15) is 0 Å². The molecule has 0 radical (unpaired) electrons. The molecule has 3 aliphatic rings. The third kappa shape index (κ3) is 13.8. The Morgan fingerprint density at radius 1 is 0.400 bits per heavy atom. The predicted octanol–water partition coefficient (Wildman–Crippen LogP) is 9.57. The number of rotatable bonds is 3. The first-order valence-corrected chi connectivity index (χ1v) is 12.3. The van der Waals surface area contributed by atoms with Crippen molar-refractivity contribution in [2.24, 2.45) is 17.8 Å². The van der Waals surface area contributed by atoms with Gasteiger partial charge in [-0.1, -0.05) is 144 Å². The van der Waals surface area contributed by atoms with Crippen LogP contribution in [0.25, 0.3) is 0 Å². The highest BCUT2D eigenvalue weighted by Gasteiger charge is 2.11. The standard InChI is InChI=1S/2C8H16.C7H14.C2H6/c2*1-2-8-6-4-3-5-7-8;1-2-7-5-3-4-6-7;1-2/h2*8H,2-7H2,1H3;7H,2-6H2,1H3;1-2H3. The Bertz CT molecular complexity index is 208. The fourth-order valence-corrected chi connectivity index (χ4v) is 4.61. The van der Waals surface area contributed by atoms with Gasteiger partial charge in [0.1, 0.15) is 0 Å². The molecule has 0 heterocycles. The van der Waals surface area contributed by atoms with E-state index in [-0.39, 0.29) is 0 Å². The Kier molecular flexibility index (Phi) is 18.8. The van der Waals surface area contributed by atoms with Crippen LogP contribution in [0.5, 0.6) is 0 Å². The van der Waals surface area contributed by atoms with Gasteiger partial charge in [-0.25, -0.2) is 0 Å². The SMILES string of the molecule is CC.CCC1CCCC1.CCC1CCCCC1.CCC1CCCCC1. The van der Waals surface area contributed by atoms with E-state index in [1.54, 1.807) is 0 Å². The highest BCUT2D eigenvalue weighted by atomic mass is 14.2. The molecule has 0 unspecified atom stereocenters. The lowest BCUT2D eigenvalue weighted by Crippen LogP contribution is -2.03. The summed E-state index contributed by atoms with van der Waals surface area (Å²) < 4.78 is 0. The van der Waals surface area contributed by atoms with E-state index < -0.39 is 0 Å². The summed E-state index contributed by atoms with van der Waals surface area (Å²) in [5.74, 6) is 3.27. The van der Waals surface area contributed by atoms with E-state index in [0.717, 1.165) is 17.8 Å². The largest absolute Gasteiger partial charge is 0.0683 e. The molecule has 152 valence electrons. The first-order chi connectivity index (χ1) is 12.3. The average Bonchev–Trinajstić information content (AvgIpc) is 3.26. The summed E-state index contributed by atoms with van der Waals surface area (Å²) in [5, 5.41) is 0. The van der Waals surface area contributed by atoms with Crippen molar-refractivity contribution in [1.82, 2.24) is 0 Å². The molecule has 3 aliphatic carbocycles. The third-order valence-corrected chi connectivity index (χ3v) is 6.66. The van der Waals surface area contributed by atoms with Crippen molar-refractivity contribution in [3.63, 3.8) is 0 Å². The van der Waals surface area contributed by atoms with Crippen LogP contribution in [0.1, 0.15) is 144 Å². The molecular formula is C25H52. The molecule has 0 aromatic rings. The molecule has 0 amide bonds. The third-order valence-electron chi connectivity index (χ3n) is 6.66. The Labute approximate surface area is 161 Å². The first kappa shape index (κ1) is 25.0. The molecule has 3 rings (SSSR count). The van der Waals surface area contributed by atoms with Crippen LogP contribution in [0.15, 0.2) is 0 Å². The van der Waals surface area contributed by atoms with Crippen LogP contribution in [-0.4, -0.2) is 0 Å². The summed E-state index contributed by atoms with van der Waals surface area (Å²) in [6.45, 7) is 10.9. The van der Waals surface area contributed by atoms with E-state index in [2.05, 4.69) is 20.8 Å². The van der Waals surface area contributed by atoms with Gasteiger partial charge in [0.25, 0.3) is 0 Å². The number of hydrogen-bond acceptors (Lipinski definition) is 0. The molecule has 0 nitrogen and oxygen atoms in total. The molecule has 0 aromatic heterocycles. The maximum Gasteiger partial charge on any atom is -0.0417 e. The van der Waals surface area contributed by atoms with Gasteiger partial charge in [0.05, 0.1) is 0 Å².